The Labute approximate surface area is 364 Å². The topological polar surface area (TPSA) is 163 Å². The van der Waals surface area contributed by atoms with Crippen LogP contribution in [0.15, 0.2) is 103 Å². The van der Waals surface area contributed by atoms with E-state index in [2.05, 4.69) is 15.6 Å². The smallest absolute Gasteiger partial charge is 0.264 e. The van der Waals surface area contributed by atoms with Gasteiger partial charge in [-0.15, -0.1) is 5.10 Å². The fourth-order valence-electron chi connectivity index (χ4n) is 10.0. The summed E-state index contributed by atoms with van der Waals surface area (Å²) in [6.07, 6.45) is 3.89. The Morgan fingerprint density at radius 1 is 0.968 bits per heavy atom. The Hall–Kier alpha value is -5.22. The number of aryl methyl sites for hydroxylation is 1. The molecule has 0 aliphatic carbocycles. The molecule has 1 spiro atoms. The van der Waals surface area contributed by atoms with Gasteiger partial charge in [0, 0.05) is 42.1 Å². The van der Waals surface area contributed by atoms with Gasteiger partial charge in [0.1, 0.15) is 5.75 Å². The number of carbonyl (C=O) groups excluding carboxylic acids is 2. The molecule has 5 aromatic rings. The first-order valence-electron chi connectivity index (χ1n) is 21.9. The van der Waals surface area contributed by atoms with E-state index in [1.807, 2.05) is 130 Å². The Balaban J connectivity index is 1.03. The van der Waals surface area contributed by atoms with E-state index in [1.54, 1.807) is 14.5 Å². The van der Waals surface area contributed by atoms with Crippen molar-refractivity contribution in [2.75, 3.05) is 36.2 Å². The number of nitrogens with one attached hydrogen (secondary N) is 1. The molecule has 4 aromatic carbocycles. The quantitative estimate of drug-likeness (QED) is 0.0627. The maximum Gasteiger partial charge on any atom is 0.264 e. The highest BCUT2D eigenvalue weighted by Gasteiger charge is 2.66. The van der Waals surface area contributed by atoms with Gasteiger partial charge >= 0.3 is 0 Å². The van der Waals surface area contributed by atoms with Crippen molar-refractivity contribution in [3.8, 4) is 5.75 Å². The standard InChI is InChI=1S/C48H58N6O7Si/c1-5-60-37-21-22-42-35(27-37)28-40(49-24-11-12-26-55)46(57)54(42)36-19-17-33(18-20-36)29-53-43-16-10-9-15-39(43)48(47(53)58)32(2)45(62(3,4)59)44(61-48)23-25-52-30-41(50-51-52)38(31-56)34-13-7-6-8-14-34/h6-10,13-22,27,30,32,38,40,44-45,49,55-56,59H,5,11-12,23-26,28-29,31H2,1-4H3/t32-,38?,40?,44+,45-,48+/m0/s1. The van der Waals surface area contributed by atoms with Crippen LogP contribution in [0.2, 0.25) is 18.6 Å². The third-order valence-corrected chi connectivity index (χ3v) is 15.4. The number of carbonyl (C=O) groups is 2. The molecule has 4 heterocycles. The molecule has 8 rings (SSSR count). The number of nitrogens with zero attached hydrogens (tertiary/aromatic N) is 5. The van der Waals surface area contributed by atoms with Crippen LogP contribution in [0.4, 0.5) is 17.1 Å². The predicted octanol–water partition coefficient (Wildman–Crippen LogP) is 6.19. The molecular weight excluding hydrogens is 801 g/mol. The summed E-state index contributed by atoms with van der Waals surface area (Å²) in [7, 11) is -2.90. The lowest BCUT2D eigenvalue weighted by atomic mass is 9.82. The number of rotatable bonds is 17. The molecule has 2 amide bonds. The van der Waals surface area contributed by atoms with Crippen molar-refractivity contribution in [3.05, 3.63) is 131 Å². The normalized spacial score (nSPS) is 22.6. The van der Waals surface area contributed by atoms with Crippen LogP contribution in [-0.2, 0) is 39.4 Å². The number of hydrogen-bond donors (Lipinski definition) is 4. The van der Waals surface area contributed by atoms with Gasteiger partial charge in [-0.2, -0.15) is 0 Å². The van der Waals surface area contributed by atoms with Gasteiger partial charge in [0.25, 0.3) is 5.91 Å². The molecular formula is C48H58N6O7Si. The van der Waals surface area contributed by atoms with Crippen LogP contribution < -0.4 is 19.9 Å². The monoisotopic (exact) mass is 858 g/mol. The highest BCUT2D eigenvalue weighted by atomic mass is 28.4. The number of unbranched alkanes of at least 4 members (excludes halogenated alkanes) is 1. The summed E-state index contributed by atoms with van der Waals surface area (Å²) >= 11 is 0. The molecule has 14 heteroatoms. The highest BCUT2D eigenvalue weighted by molar-refractivity contribution is 6.71. The van der Waals surface area contributed by atoms with Gasteiger partial charge < -0.3 is 34.7 Å². The van der Waals surface area contributed by atoms with Gasteiger partial charge in [0.05, 0.1) is 54.9 Å². The molecule has 1 aromatic heterocycles. The SMILES string of the molecule is CCOc1ccc2c(c1)CC(NCCCCO)C(=O)N2c1ccc(CN2C(=O)[C@]3(O[C@H](CCn4cc(C(CO)c5ccccc5)nn4)[C@@H]([Si](C)(C)O)[C@@H]3C)c3ccccc32)cc1. The second-order valence-corrected chi connectivity index (χ2v) is 21.3. The Morgan fingerprint density at radius 3 is 2.45 bits per heavy atom. The number of fused-ring (bicyclic) bond motifs is 3. The maximum atomic E-state index is 15.1. The molecule has 3 aliphatic heterocycles. The molecule has 1 fully saturated rings. The molecule has 4 N–H and O–H groups in total. The molecule has 0 bridgehead atoms. The summed E-state index contributed by atoms with van der Waals surface area (Å²) in [6.45, 7) is 9.74. The summed E-state index contributed by atoms with van der Waals surface area (Å²) in [4.78, 5) is 44.6. The zero-order valence-electron chi connectivity index (χ0n) is 36.0. The van der Waals surface area contributed by atoms with E-state index in [0.29, 0.717) is 44.7 Å². The van der Waals surface area contributed by atoms with Gasteiger partial charge in [-0.05, 0) is 105 Å². The molecule has 13 nitrogen and oxygen atoms in total. The number of anilines is 3. The minimum absolute atomic E-state index is 0.0540. The third kappa shape index (κ3) is 8.23. The van der Waals surface area contributed by atoms with Crippen molar-refractivity contribution >= 4 is 37.2 Å². The molecule has 0 saturated carbocycles. The number of amides is 2. The number of aliphatic hydroxyl groups is 2. The average molecular weight is 859 g/mol. The summed E-state index contributed by atoms with van der Waals surface area (Å²) in [5, 5.41) is 31.7. The van der Waals surface area contributed by atoms with Crippen LogP contribution in [0.5, 0.6) is 5.75 Å². The molecule has 2 unspecified atom stereocenters. The largest absolute Gasteiger partial charge is 0.494 e. The Morgan fingerprint density at radius 2 is 1.73 bits per heavy atom. The predicted molar refractivity (Wildman–Crippen MR) is 240 cm³/mol. The van der Waals surface area contributed by atoms with Crippen LogP contribution >= 0.6 is 0 Å². The maximum absolute atomic E-state index is 15.1. The molecule has 6 atom stereocenters. The van der Waals surface area contributed by atoms with Crippen LogP contribution in [0.25, 0.3) is 0 Å². The summed E-state index contributed by atoms with van der Waals surface area (Å²) in [5.74, 6) is -0.0724. The second-order valence-electron chi connectivity index (χ2n) is 17.3. The summed E-state index contributed by atoms with van der Waals surface area (Å²) in [5.41, 5.74) is 5.09. The fraction of sp³-hybridized carbons (Fsp3) is 0.417. The minimum atomic E-state index is -2.90. The molecule has 3 aliphatic rings. The van der Waals surface area contributed by atoms with E-state index in [4.69, 9.17) is 9.47 Å². The average Bonchev–Trinajstić information content (AvgIpc) is 3.93. The second kappa shape index (κ2) is 18.2. The van der Waals surface area contributed by atoms with E-state index in [-0.39, 0.29) is 48.9 Å². The van der Waals surface area contributed by atoms with Crippen molar-refractivity contribution in [1.82, 2.24) is 20.3 Å². The Kier molecular flexibility index (Phi) is 12.8. The molecule has 1 saturated heterocycles. The summed E-state index contributed by atoms with van der Waals surface area (Å²) < 4.78 is 14.6. The highest BCUT2D eigenvalue weighted by Crippen LogP contribution is 2.59. The van der Waals surface area contributed by atoms with Crippen LogP contribution in [0, 0.1) is 5.92 Å². The first-order valence-corrected chi connectivity index (χ1v) is 24.9. The zero-order chi connectivity index (χ0) is 43.6. The zero-order valence-corrected chi connectivity index (χ0v) is 37.0. The first-order chi connectivity index (χ1) is 30.0. The van der Waals surface area contributed by atoms with Gasteiger partial charge in [0.2, 0.25) is 5.91 Å². The van der Waals surface area contributed by atoms with Crippen molar-refractivity contribution in [3.63, 3.8) is 0 Å². The van der Waals surface area contributed by atoms with Gasteiger partial charge in [-0.1, -0.05) is 72.8 Å². The van der Waals surface area contributed by atoms with E-state index in [0.717, 1.165) is 51.5 Å². The number of aromatic nitrogens is 3. The van der Waals surface area contributed by atoms with Crippen molar-refractivity contribution < 1.29 is 34.1 Å². The van der Waals surface area contributed by atoms with Gasteiger partial charge in [0.15, 0.2) is 13.9 Å². The minimum Gasteiger partial charge on any atom is -0.494 e. The number of hydrogen-bond acceptors (Lipinski definition) is 10. The third-order valence-electron chi connectivity index (χ3n) is 12.9. The van der Waals surface area contributed by atoms with Crippen molar-refractivity contribution in [2.24, 2.45) is 5.92 Å². The Bertz CT molecular complexity index is 2350. The van der Waals surface area contributed by atoms with Crippen LogP contribution in [0.1, 0.15) is 67.0 Å². The number of benzene rings is 4. The van der Waals surface area contributed by atoms with Gasteiger partial charge in [-0.25, -0.2) is 0 Å². The molecule has 62 heavy (non-hydrogen) atoms. The first kappa shape index (κ1) is 43.4. The lowest BCUT2D eigenvalue weighted by molar-refractivity contribution is -0.146. The van der Waals surface area contributed by atoms with Gasteiger partial charge in [-0.3, -0.25) is 19.2 Å². The molecule has 326 valence electrons. The van der Waals surface area contributed by atoms with E-state index in [9.17, 15) is 19.8 Å². The molecule has 0 radical (unpaired) electrons. The van der Waals surface area contributed by atoms with Crippen molar-refractivity contribution in [1.29, 1.82) is 0 Å². The fourth-order valence-corrected chi connectivity index (χ4v) is 12.6. The van der Waals surface area contributed by atoms with E-state index in [1.165, 1.54) is 0 Å². The van der Waals surface area contributed by atoms with Crippen LogP contribution in [0.3, 0.4) is 0 Å². The van der Waals surface area contributed by atoms with Crippen molar-refractivity contribution in [2.45, 2.75) is 94.9 Å². The van der Waals surface area contributed by atoms with E-state index >= 15 is 4.79 Å². The number of ether oxygens (including phenoxy) is 2. The number of aliphatic hydroxyl groups excluding tert-OH is 2. The number of para-hydroxylation sites is 1. The van der Waals surface area contributed by atoms with E-state index < -0.39 is 26.1 Å². The lowest BCUT2D eigenvalue weighted by Crippen LogP contribution is -2.49. The summed E-state index contributed by atoms with van der Waals surface area (Å²) in [6, 6.07) is 30.8. The lowest BCUT2D eigenvalue weighted by Gasteiger charge is -2.35. The van der Waals surface area contributed by atoms with Crippen LogP contribution in [-0.4, -0.2) is 88.6 Å².